The van der Waals surface area contributed by atoms with Crippen LogP contribution in [0.15, 0.2) is 18.2 Å². The first-order chi connectivity index (χ1) is 7.95. The van der Waals surface area contributed by atoms with Crippen molar-refractivity contribution in [1.82, 2.24) is 4.90 Å². The van der Waals surface area contributed by atoms with Gasteiger partial charge in [0.15, 0.2) is 0 Å². The largest absolute Gasteiger partial charge is 0.399 e. The zero-order chi connectivity index (χ0) is 13.0. The number of anilines is 1. The number of hydrogen-bond acceptors (Lipinski definition) is 3. The number of nitrogen functional groups attached to an aromatic ring is 1. The molecule has 3 N–H and O–H groups in total. The highest BCUT2D eigenvalue weighted by Gasteiger charge is 2.18. The monoisotopic (exact) mass is 237 g/mol. The van der Waals surface area contributed by atoms with E-state index < -0.39 is 5.82 Å². The minimum Gasteiger partial charge on any atom is -0.399 e. The van der Waals surface area contributed by atoms with Crippen molar-refractivity contribution in [1.29, 1.82) is 5.41 Å². The van der Waals surface area contributed by atoms with Crippen molar-refractivity contribution in [2.24, 2.45) is 5.92 Å². The molecule has 0 aromatic heterocycles. The van der Waals surface area contributed by atoms with Crippen LogP contribution in [0.25, 0.3) is 0 Å². The van der Waals surface area contributed by atoms with Gasteiger partial charge in [-0.25, -0.2) is 4.39 Å². The molecular weight excluding hydrogens is 217 g/mol. The molecule has 1 atom stereocenters. The van der Waals surface area contributed by atoms with Crippen LogP contribution in [0.4, 0.5) is 10.1 Å². The molecule has 3 nitrogen and oxygen atoms in total. The summed E-state index contributed by atoms with van der Waals surface area (Å²) in [6.07, 6.45) is 0.820. The lowest BCUT2D eigenvalue weighted by molar-refractivity contribution is 0.364. The van der Waals surface area contributed by atoms with E-state index in [1.54, 1.807) is 12.1 Å². The molecule has 1 rings (SSSR count). The fourth-order valence-electron chi connectivity index (χ4n) is 1.83. The lowest BCUT2D eigenvalue weighted by atomic mass is 9.93. The van der Waals surface area contributed by atoms with Crippen LogP contribution in [0, 0.1) is 17.1 Å². The lowest BCUT2D eigenvalue weighted by Gasteiger charge is -2.21. The Morgan fingerprint density at radius 2 is 2.12 bits per heavy atom. The first-order valence-electron chi connectivity index (χ1n) is 5.74. The van der Waals surface area contributed by atoms with Gasteiger partial charge in [0.05, 0.1) is 0 Å². The van der Waals surface area contributed by atoms with E-state index in [0.29, 0.717) is 17.0 Å². The molecule has 0 aliphatic carbocycles. The Morgan fingerprint density at radius 3 is 2.59 bits per heavy atom. The van der Waals surface area contributed by atoms with Gasteiger partial charge in [-0.2, -0.15) is 0 Å². The van der Waals surface area contributed by atoms with Gasteiger partial charge in [0.2, 0.25) is 0 Å². The molecule has 94 valence electrons. The third-order valence-electron chi connectivity index (χ3n) is 2.77. The molecule has 0 aliphatic rings. The van der Waals surface area contributed by atoms with Gasteiger partial charge in [-0.1, -0.05) is 6.92 Å². The average Bonchev–Trinajstić information content (AvgIpc) is 2.24. The Hall–Kier alpha value is -1.42. The van der Waals surface area contributed by atoms with Gasteiger partial charge in [0, 0.05) is 29.4 Å². The minimum absolute atomic E-state index is 0.0446. The van der Waals surface area contributed by atoms with Crippen molar-refractivity contribution in [2.75, 3.05) is 26.4 Å². The molecule has 0 bridgehead atoms. The maximum absolute atomic E-state index is 13.7. The van der Waals surface area contributed by atoms with E-state index in [1.807, 2.05) is 25.9 Å². The maximum Gasteiger partial charge on any atom is 0.134 e. The van der Waals surface area contributed by atoms with Crippen LogP contribution >= 0.6 is 0 Å². The highest BCUT2D eigenvalue weighted by Crippen LogP contribution is 2.18. The summed E-state index contributed by atoms with van der Waals surface area (Å²) in [5.41, 5.74) is 6.59. The van der Waals surface area contributed by atoms with Crippen molar-refractivity contribution >= 4 is 11.4 Å². The summed E-state index contributed by atoms with van der Waals surface area (Å²) < 4.78 is 13.7. The molecular formula is C13H20FN3. The van der Waals surface area contributed by atoms with Gasteiger partial charge in [-0.3, -0.25) is 0 Å². The first kappa shape index (κ1) is 13.6. The lowest BCUT2D eigenvalue weighted by Crippen LogP contribution is -2.28. The minimum atomic E-state index is -0.410. The van der Waals surface area contributed by atoms with Crippen LogP contribution in [0.3, 0.4) is 0 Å². The van der Waals surface area contributed by atoms with Gasteiger partial charge >= 0.3 is 0 Å². The van der Waals surface area contributed by atoms with Crippen LogP contribution in [0.1, 0.15) is 18.9 Å². The molecule has 17 heavy (non-hydrogen) atoms. The van der Waals surface area contributed by atoms with Crippen LogP contribution in [-0.2, 0) is 0 Å². The van der Waals surface area contributed by atoms with Crippen molar-refractivity contribution < 1.29 is 4.39 Å². The van der Waals surface area contributed by atoms with Gasteiger partial charge in [0.25, 0.3) is 0 Å². The molecule has 0 heterocycles. The summed E-state index contributed by atoms with van der Waals surface area (Å²) in [7, 11) is 3.91. The molecule has 0 radical (unpaired) electrons. The second-order valence-corrected chi connectivity index (χ2v) is 4.52. The van der Waals surface area contributed by atoms with Gasteiger partial charge in [-0.05, 0) is 38.7 Å². The quantitative estimate of drug-likeness (QED) is 0.610. The van der Waals surface area contributed by atoms with E-state index >= 15 is 0 Å². The van der Waals surface area contributed by atoms with Crippen molar-refractivity contribution in [3.05, 3.63) is 29.6 Å². The predicted octanol–water partition coefficient (Wildman–Crippen LogP) is 2.36. The highest BCUT2D eigenvalue weighted by molar-refractivity contribution is 6.00. The zero-order valence-electron chi connectivity index (χ0n) is 10.6. The molecule has 0 saturated carbocycles. The normalized spacial score (nSPS) is 12.8. The second-order valence-electron chi connectivity index (χ2n) is 4.52. The summed E-state index contributed by atoms with van der Waals surface area (Å²) in [5, 5.41) is 8.08. The van der Waals surface area contributed by atoms with Crippen molar-refractivity contribution in [3.8, 4) is 0 Å². The number of nitrogens with zero attached hydrogens (tertiary/aromatic N) is 1. The summed E-state index contributed by atoms with van der Waals surface area (Å²) in [6, 6.07) is 4.49. The standard InChI is InChI=1S/C13H20FN3/c1-4-9(8-17(2)3)13(16)11-6-5-10(15)7-12(11)14/h5-7,9,16H,4,8,15H2,1-3H3. The van der Waals surface area contributed by atoms with Gasteiger partial charge in [-0.15, -0.1) is 0 Å². The van der Waals surface area contributed by atoms with Crippen LogP contribution in [0.5, 0.6) is 0 Å². The average molecular weight is 237 g/mol. The zero-order valence-corrected chi connectivity index (χ0v) is 10.6. The summed E-state index contributed by atoms with van der Waals surface area (Å²) in [5.74, 6) is -0.365. The fourth-order valence-corrected chi connectivity index (χ4v) is 1.83. The topological polar surface area (TPSA) is 53.1 Å². The molecule has 1 unspecified atom stereocenters. The van der Waals surface area contributed by atoms with Gasteiger partial charge < -0.3 is 16.0 Å². The number of nitrogens with two attached hydrogens (primary N) is 1. The maximum atomic E-state index is 13.7. The van der Waals surface area contributed by atoms with Crippen LogP contribution < -0.4 is 5.73 Å². The third-order valence-corrected chi connectivity index (χ3v) is 2.77. The molecule has 0 amide bonds. The molecule has 0 saturated heterocycles. The fraction of sp³-hybridized carbons (Fsp3) is 0.462. The van der Waals surface area contributed by atoms with E-state index in [2.05, 4.69) is 0 Å². The van der Waals surface area contributed by atoms with Crippen LogP contribution in [0.2, 0.25) is 0 Å². The number of halogens is 1. The van der Waals surface area contributed by atoms with E-state index in [4.69, 9.17) is 11.1 Å². The molecule has 0 fully saturated rings. The summed E-state index contributed by atoms with van der Waals surface area (Å²) in [4.78, 5) is 2.01. The highest BCUT2D eigenvalue weighted by atomic mass is 19.1. The Kier molecular flexibility index (Phi) is 4.63. The molecule has 4 heteroatoms. The van der Waals surface area contributed by atoms with E-state index in [0.717, 1.165) is 13.0 Å². The van der Waals surface area contributed by atoms with Crippen molar-refractivity contribution in [2.45, 2.75) is 13.3 Å². The number of hydrogen-bond donors (Lipinski definition) is 2. The Morgan fingerprint density at radius 1 is 1.47 bits per heavy atom. The van der Waals surface area contributed by atoms with Crippen molar-refractivity contribution in [3.63, 3.8) is 0 Å². The SMILES string of the molecule is CCC(CN(C)C)C(=N)c1ccc(N)cc1F. The van der Waals surface area contributed by atoms with E-state index in [-0.39, 0.29) is 5.92 Å². The Bertz CT molecular complexity index is 402. The third kappa shape index (κ3) is 3.53. The summed E-state index contributed by atoms with van der Waals surface area (Å²) >= 11 is 0. The van der Waals surface area contributed by atoms with Crippen LogP contribution in [-0.4, -0.2) is 31.3 Å². The molecule has 1 aromatic rings. The molecule has 1 aromatic carbocycles. The first-order valence-corrected chi connectivity index (χ1v) is 5.74. The smallest absolute Gasteiger partial charge is 0.134 e. The number of rotatable bonds is 5. The van der Waals surface area contributed by atoms with Gasteiger partial charge in [0.1, 0.15) is 5.82 Å². The molecule has 0 spiro atoms. The molecule has 0 aliphatic heterocycles. The number of benzene rings is 1. The Balaban J connectivity index is 2.93. The van der Waals surface area contributed by atoms with E-state index in [1.165, 1.54) is 6.07 Å². The van der Waals surface area contributed by atoms with E-state index in [9.17, 15) is 4.39 Å². The summed E-state index contributed by atoms with van der Waals surface area (Å²) in [6.45, 7) is 2.76. The Labute approximate surface area is 102 Å². The second kappa shape index (κ2) is 5.77. The predicted molar refractivity (Wildman–Crippen MR) is 70.0 cm³/mol. The number of nitrogens with one attached hydrogen (secondary N) is 1.